The van der Waals surface area contributed by atoms with Crippen LogP contribution >= 0.6 is 11.8 Å². The molecule has 2 heterocycles. The van der Waals surface area contributed by atoms with Crippen molar-refractivity contribution in [3.63, 3.8) is 0 Å². The maximum Gasteiger partial charge on any atom is 0.237 e. The Bertz CT molecular complexity index is 494. The summed E-state index contributed by atoms with van der Waals surface area (Å²) in [6.07, 6.45) is -1.50. The van der Waals surface area contributed by atoms with Gasteiger partial charge in [0.15, 0.2) is 0 Å². The lowest BCUT2D eigenvalue weighted by atomic mass is 9.92. The minimum absolute atomic E-state index is 0.223. The molecule has 0 aromatic heterocycles. The number of hydrogen-bond donors (Lipinski definition) is 5. The van der Waals surface area contributed by atoms with E-state index in [1.54, 1.807) is 6.26 Å². The summed E-state index contributed by atoms with van der Waals surface area (Å²) in [5.41, 5.74) is -0.755. The third-order valence-corrected chi connectivity index (χ3v) is 6.51. The van der Waals surface area contributed by atoms with Crippen LogP contribution < -0.4 is 5.32 Å². The van der Waals surface area contributed by atoms with Crippen molar-refractivity contribution in [1.82, 2.24) is 10.2 Å². The average molecular weight is 407 g/mol. The van der Waals surface area contributed by atoms with Crippen LogP contribution in [0.2, 0.25) is 0 Å². The number of amides is 1. The Balaban J connectivity index is 2.09. The smallest absolute Gasteiger partial charge is 0.237 e. The highest BCUT2D eigenvalue weighted by Crippen LogP contribution is 2.30. The minimum Gasteiger partial charge on any atom is -0.391 e. The first kappa shape index (κ1) is 22.9. The SMILES string of the molecule is CCC[C@H]1C[C@H](C(=O)N[C@@H]([C@H]2O[C@@H](SC)[C@@H](O)[C@@H](O)[C@H]2O)[C@@H](C)O)N(C)C1. The Labute approximate surface area is 165 Å². The summed E-state index contributed by atoms with van der Waals surface area (Å²) in [6.45, 7) is 4.48. The van der Waals surface area contributed by atoms with Crippen LogP contribution in [-0.4, -0.2) is 99.1 Å². The van der Waals surface area contributed by atoms with Crippen LogP contribution in [0.25, 0.3) is 0 Å². The van der Waals surface area contributed by atoms with Gasteiger partial charge in [-0.15, -0.1) is 11.8 Å². The quantitative estimate of drug-likeness (QED) is 0.370. The molecule has 0 unspecified atom stereocenters. The maximum absolute atomic E-state index is 12.8. The summed E-state index contributed by atoms with van der Waals surface area (Å²) in [7, 11) is 1.91. The van der Waals surface area contributed by atoms with Gasteiger partial charge in [0.25, 0.3) is 0 Å². The molecule has 2 rings (SSSR count). The van der Waals surface area contributed by atoms with Crippen LogP contribution in [0.15, 0.2) is 0 Å². The van der Waals surface area contributed by atoms with Crippen molar-refractivity contribution in [1.29, 1.82) is 0 Å². The molecule has 158 valence electrons. The molecule has 0 bridgehead atoms. The van der Waals surface area contributed by atoms with Crippen molar-refractivity contribution in [2.45, 2.75) is 81.1 Å². The van der Waals surface area contributed by atoms with Gasteiger partial charge >= 0.3 is 0 Å². The second-order valence-corrected chi connectivity index (χ2v) is 8.73. The molecule has 8 nitrogen and oxygen atoms in total. The normalized spacial score (nSPS) is 39.9. The molecule has 2 saturated heterocycles. The number of nitrogens with one attached hydrogen (secondary N) is 1. The molecular formula is C18H34N2O6S. The highest BCUT2D eigenvalue weighted by Gasteiger charge is 2.48. The molecule has 0 aliphatic carbocycles. The number of aliphatic hydroxyl groups excluding tert-OH is 4. The topological polar surface area (TPSA) is 122 Å². The van der Waals surface area contributed by atoms with Crippen molar-refractivity contribution in [2.75, 3.05) is 19.8 Å². The Morgan fingerprint density at radius 3 is 2.52 bits per heavy atom. The van der Waals surface area contributed by atoms with Gasteiger partial charge in [-0.1, -0.05) is 13.3 Å². The molecule has 0 saturated carbocycles. The summed E-state index contributed by atoms with van der Waals surface area (Å²) in [5.74, 6) is 0.245. The number of rotatable bonds is 7. The van der Waals surface area contributed by atoms with Crippen LogP contribution in [-0.2, 0) is 9.53 Å². The zero-order valence-corrected chi connectivity index (χ0v) is 17.3. The third-order valence-electron chi connectivity index (χ3n) is 5.66. The number of hydrogen-bond acceptors (Lipinski definition) is 8. The zero-order valence-electron chi connectivity index (χ0n) is 16.5. The minimum atomic E-state index is -1.42. The summed E-state index contributed by atoms with van der Waals surface area (Å²) in [4.78, 5) is 14.9. The molecule has 1 amide bonds. The molecule has 0 aromatic carbocycles. The Hall–Kier alpha value is -0.420. The Morgan fingerprint density at radius 2 is 1.96 bits per heavy atom. The van der Waals surface area contributed by atoms with Gasteiger partial charge in [-0.25, -0.2) is 0 Å². The second-order valence-electron chi connectivity index (χ2n) is 7.80. The van der Waals surface area contributed by atoms with Gasteiger partial charge in [0, 0.05) is 6.54 Å². The first-order chi connectivity index (χ1) is 12.7. The first-order valence-electron chi connectivity index (χ1n) is 9.62. The van der Waals surface area contributed by atoms with E-state index in [1.165, 1.54) is 18.7 Å². The van der Waals surface area contributed by atoms with Gasteiger partial charge in [-0.2, -0.15) is 0 Å². The van der Waals surface area contributed by atoms with E-state index < -0.39 is 42.0 Å². The lowest BCUT2D eigenvalue weighted by Gasteiger charge is -2.44. The number of ether oxygens (including phenoxy) is 1. The summed E-state index contributed by atoms with van der Waals surface area (Å²) < 4.78 is 5.72. The van der Waals surface area contributed by atoms with E-state index in [4.69, 9.17) is 4.74 Å². The fraction of sp³-hybridized carbons (Fsp3) is 0.944. The maximum atomic E-state index is 12.8. The van der Waals surface area contributed by atoms with Crippen molar-refractivity contribution >= 4 is 17.7 Å². The van der Waals surface area contributed by atoms with Crippen molar-refractivity contribution in [3.8, 4) is 0 Å². The Morgan fingerprint density at radius 1 is 1.30 bits per heavy atom. The molecule has 0 aromatic rings. The molecule has 9 atom stereocenters. The number of carbonyl (C=O) groups is 1. The first-order valence-corrected chi connectivity index (χ1v) is 10.9. The summed E-state index contributed by atoms with van der Waals surface area (Å²) >= 11 is 1.20. The molecule has 0 spiro atoms. The number of likely N-dealkylation sites (N-methyl/N-ethyl adjacent to an activating group) is 1. The number of thioether (sulfide) groups is 1. The largest absolute Gasteiger partial charge is 0.391 e. The highest BCUT2D eigenvalue weighted by atomic mass is 32.2. The molecule has 2 fully saturated rings. The lowest BCUT2D eigenvalue weighted by molar-refractivity contribution is -0.211. The molecule has 2 aliphatic rings. The van der Waals surface area contributed by atoms with Gasteiger partial charge in [-0.05, 0) is 39.0 Å². The molecule has 5 N–H and O–H groups in total. The van der Waals surface area contributed by atoms with E-state index >= 15 is 0 Å². The van der Waals surface area contributed by atoms with Crippen LogP contribution in [0.5, 0.6) is 0 Å². The predicted molar refractivity (Wildman–Crippen MR) is 103 cm³/mol. The monoisotopic (exact) mass is 406 g/mol. The number of aliphatic hydroxyl groups is 4. The molecule has 27 heavy (non-hydrogen) atoms. The molecule has 0 radical (unpaired) electrons. The fourth-order valence-electron chi connectivity index (χ4n) is 4.13. The van der Waals surface area contributed by atoms with Crippen molar-refractivity contribution < 1.29 is 30.0 Å². The van der Waals surface area contributed by atoms with Crippen LogP contribution in [0.1, 0.15) is 33.1 Å². The van der Waals surface area contributed by atoms with E-state index in [0.717, 1.165) is 25.8 Å². The van der Waals surface area contributed by atoms with Crippen LogP contribution in [0, 0.1) is 5.92 Å². The van der Waals surface area contributed by atoms with Gasteiger partial charge in [-0.3, -0.25) is 9.69 Å². The van der Waals surface area contributed by atoms with E-state index in [-0.39, 0.29) is 11.9 Å². The van der Waals surface area contributed by atoms with Gasteiger partial charge < -0.3 is 30.5 Å². The molecule has 2 aliphatic heterocycles. The van der Waals surface area contributed by atoms with E-state index in [0.29, 0.717) is 5.92 Å². The molecule has 9 heteroatoms. The van der Waals surface area contributed by atoms with Gasteiger partial charge in [0.2, 0.25) is 5.91 Å². The van der Waals surface area contributed by atoms with Gasteiger partial charge in [0.05, 0.1) is 18.2 Å². The highest BCUT2D eigenvalue weighted by molar-refractivity contribution is 7.99. The van der Waals surface area contributed by atoms with E-state index in [9.17, 15) is 25.2 Å². The van der Waals surface area contributed by atoms with Gasteiger partial charge in [0.1, 0.15) is 29.9 Å². The predicted octanol–water partition coefficient (Wildman–Crippen LogP) is -0.857. The summed E-state index contributed by atoms with van der Waals surface area (Å²) in [5, 5.41) is 43.5. The third kappa shape index (κ3) is 5.14. The molecular weight excluding hydrogens is 372 g/mol. The van der Waals surface area contributed by atoms with E-state index in [1.807, 2.05) is 11.9 Å². The lowest BCUT2D eigenvalue weighted by Crippen LogP contribution is -2.65. The Kier molecular flexibility index (Phi) is 8.35. The fourth-order valence-corrected chi connectivity index (χ4v) is 4.81. The van der Waals surface area contributed by atoms with Crippen molar-refractivity contribution in [3.05, 3.63) is 0 Å². The summed E-state index contributed by atoms with van der Waals surface area (Å²) in [6, 6.07) is -1.20. The standard InChI is InChI=1S/C18H34N2O6S/c1-5-6-10-7-11(20(3)8-10)17(25)19-12(9(2)21)16-14(23)13(22)15(24)18(26-16)27-4/h9-16,18,21-24H,5-8H2,1-4H3,(H,19,25)/t9-,10+,11-,12-,13+,14-,15+,16-,18+/m1/s1. The van der Waals surface area contributed by atoms with Crippen LogP contribution in [0.3, 0.4) is 0 Å². The second kappa shape index (κ2) is 9.87. The number of carbonyl (C=O) groups excluding carboxylic acids is 1. The number of likely N-dealkylation sites (tertiary alicyclic amines) is 1. The van der Waals surface area contributed by atoms with Crippen LogP contribution in [0.4, 0.5) is 0 Å². The number of nitrogens with zero attached hydrogens (tertiary/aromatic N) is 1. The van der Waals surface area contributed by atoms with Crippen molar-refractivity contribution in [2.24, 2.45) is 5.92 Å². The zero-order chi connectivity index (χ0) is 20.3. The van der Waals surface area contributed by atoms with E-state index in [2.05, 4.69) is 12.2 Å². The average Bonchev–Trinajstić information content (AvgIpc) is 2.99.